The minimum atomic E-state index is -0.183. The molecule has 0 unspecified atom stereocenters. The van der Waals surface area contributed by atoms with E-state index in [-0.39, 0.29) is 5.91 Å². The summed E-state index contributed by atoms with van der Waals surface area (Å²) in [5.74, 6) is -0.183. The second-order valence-corrected chi connectivity index (χ2v) is 5.91. The Kier molecular flexibility index (Phi) is 5.65. The van der Waals surface area contributed by atoms with Crippen molar-refractivity contribution in [3.05, 3.63) is 57.5 Å². The Balaban J connectivity index is 2.07. The predicted molar refractivity (Wildman–Crippen MR) is 92.3 cm³/mol. The molecule has 1 amide bonds. The van der Waals surface area contributed by atoms with Gasteiger partial charge in [-0.2, -0.15) is 0 Å². The van der Waals surface area contributed by atoms with Gasteiger partial charge in [-0.25, -0.2) is 0 Å². The number of carbonyl (C=O) groups is 1. The molecule has 5 heteroatoms. The molecule has 2 rings (SSSR count). The first-order chi connectivity index (χ1) is 10.1. The fraction of sp³-hybridized carbons (Fsp3) is 0.188. The van der Waals surface area contributed by atoms with Crippen molar-refractivity contribution in [2.24, 2.45) is 0 Å². The molecule has 0 aliphatic rings. The molecule has 0 heterocycles. The summed E-state index contributed by atoms with van der Waals surface area (Å²) in [5, 5.41) is 6.58. The number of carbonyl (C=O) groups excluding carboxylic acids is 1. The average molecular weight is 368 g/mol. The Morgan fingerprint density at radius 1 is 1.19 bits per heavy atom. The molecule has 0 saturated carbocycles. The van der Waals surface area contributed by atoms with Crippen LogP contribution in [0.25, 0.3) is 0 Å². The standard InChI is InChI=1S/C16H16BrClN2O/c1-2-9-19-13-6-3-11(4-7-13)16(21)20-15-10-12(17)5-8-14(15)18/h3-8,10,19H,2,9H2,1H3,(H,20,21). The maximum atomic E-state index is 12.2. The van der Waals surface area contributed by atoms with E-state index in [0.29, 0.717) is 16.3 Å². The maximum absolute atomic E-state index is 12.2. The van der Waals surface area contributed by atoms with Crippen LogP contribution in [-0.4, -0.2) is 12.5 Å². The van der Waals surface area contributed by atoms with Crippen molar-refractivity contribution in [2.75, 3.05) is 17.2 Å². The molecule has 0 bridgehead atoms. The van der Waals surface area contributed by atoms with Crippen molar-refractivity contribution in [3.8, 4) is 0 Å². The average Bonchev–Trinajstić information content (AvgIpc) is 2.49. The van der Waals surface area contributed by atoms with Crippen LogP contribution in [0.4, 0.5) is 11.4 Å². The number of halogens is 2. The summed E-state index contributed by atoms with van der Waals surface area (Å²) in [5.41, 5.74) is 2.19. The van der Waals surface area contributed by atoms with E-state index >= 15 is 0 Å². The highest BCUT2D eigenvalue weighted by molar-refractivity contribution is 9.10. The van der Waals surface area contributed by atoms with Crippen LogP contribution in [0.15, 0.2) is 46.9 Å². The third-order valence-corrected chi connectivity index (χ3v) is 3.73. The van der Waals surface area contributed by atoms with E-state index in [4.69, 9.17) is 11.6 Å². The molecule has 0 saturated heterocycles. The molecule has 0 fully saturated rings. The van der Waals surface area contributed by atoms with E-state index in [1.54, 1.807) is 24.3 Å². The quantitative estimate of drug-likeness (QED) is 0.765. The Morgan fingerprint density at radius 3 is 2.57 bits per heavy atom. The van der Waals surface area contributed by atoms with Gasteiger partial charge >= 0.3 is 0 Å². The molecule has 0 atom stereocenters. The van der Waals surface area contributed by atoms with E-state index in [9.17, 15) is 4.79 Å². The van der Waals surface area contributed by atoms with Crippen LogP contribution in [0.2, 0.25) is 5.02 Å². The number of anilines is 2. The van der Waals surface area contributed by atoms with Crippen molar-refractivity contribution >= 4 is 44.8 Å². The van der Waals surface area contributed by atoms with Gasteiger partial charge in [0, 0.05) is 22.3 Å². The largest absolute Gasteiger partial charge is 0.385 e. The zero-order valence-corrected chi connectivity index (χ0v) is 14.0. The first-order valence-corrected chi connectivity index (χ1v) is 7.87. The van der Waals surface area contributed by atoms with Crippen LogP contribution in [0.5, 0.6) is 0 Å². The fourth-order valence-corrected chi connectivity index (χ4v) is 2.32. The first kappa shape index (κ1) is 15.9. The predicted octanol–water partition coefficient (Wildman–Crippen LogP) is 5.18. The van der Waals surface area contributed by atoms with E-state index in [0.717, 1.165) is 23.1 Å². The van der Waals surface area contributed by atoms with Gasteiger partial charge in [-0.05, 0) is 48.9 Å². The van der Waals surface area contributed by atoms with Gasteiger partial charge < -0.3 is 10.6 Å². The molecule has 110 valence electrons. The van der Waals surface area contributed by atoms with E-state index in [1.165, 1.54) is 0 Å². The highest BCUT2D eigenvalue weighted by atomic mass is 79.9. The third-order valence-electron chi connectivity index (χ3n) is 2.90. The van der Waals surface area contributed by atoms with E-state index in [2.05, 4.69) is 33.5 Å². The van der Waals surface area contributed by atoms with Gasteiger partial charge in [0.15, 0.2) is 0 Å². The molecule has 0 aliphatic heterocycles. The smallest absolute Gasteiger partial charge is 0.255 e. The lowest BCUT2D eigenvalue weighted by Crippen LogP contribution is -2.12. The zero-order valence-electron chi connectivity index (χ0n) is 11.6. The monoisotopic (exact) mass is 366 g/mol. The number of nitrogens with one attached hydrogen (secondary N) is 2. The van der Waals surface area contributed by atoms with E-state index in [1.807, 2.05) is 18.2 Å². The molecule has 0 aromatic heterocycles. The molecule has 21 heavy (non-hydrogen) atoms. The van der Waals surface area contributed by atoms with Crippen LogP contribution in [0.3, 0.4) is 0 Å². The molecule has 0 aliphatic carbocycles. The van der Waals surface area contributed by atoms with Crippen molar-refractivity contribution in [1.82, 2.24) is 0 Å². The highest BCUT2D eigenvalue weighted by Crippen LogP contribution is 2.26. The number of rotatable bonds is 5. The van der Waals surface area contributed by atoms with Gasteiger partial charge in [0.2, 0.25) is 0 Å². The number of amides is 1. The highest BCUT2D eigenvalue weighted by Gasteiger charge is 2.09. The van der Waals surface area contributed by atoms with Crippen LogP contribution < -0.4 is 10.6 Å². The molecular weight excluding hydrogens is 352 g/mol. The van der Waals surface area contributed by atoms with Crippen LogP contribution in [0, 0.1) is 0 Å². The summed E-state index contributed by atoms with van der Waals surface area (Å²) in [6.07, 6.45) is 1.06. The van der Waals surface area contributed by atoms with Crippen LogP contribution in [-0.2, 0) is 0 Å². The van der Waals surface area contributed by atoms with E-state index < -0.39 is 0 Å². The summed E-state index contributed by atoms with van der Waals surface area (Å²) < 4.78 is 0.862. The lowest BCUT2D eigenvalue weighted by molar-refractivity contribution is 0.102. The summed E-state index contributed by atoms with van der Waals surface area (Å²) in [7, 11) is 0. The summed E-state index contributed by atoms with van der Waals surface area (Å²) >= 11 is 9.42. The van der Waals surface area contributed by atoms with Crippen LogP contribution >= 0.6 is 27.5 Å². The number of benzene rings is 2. The molecule has 2 aromatic rings. The number of hydrogen-bond acceptors (Lipinski definition) is 2. The molecule has 2 aromatic carbocycles. The molecule has 3 nitrogen and oxygen atoms in total. The first-order valence-electron chi connectivity index (χ1n) is 6.70. The Hall–Kier alpha value is -1.52. The fourth-order valence-electron chi connectivity index (χ4n) is 1.80. The van der Waals surface area contributed by atoms with Gasteiger partial charge in [-0.1, -0.05) is 34.5 Å². The number of hydrogen-bond donors (Lipinski definition) is 2. The maximum Gasteiger partial charge on any atom is 0.255 e. The third kappa shape index (κ3) is 4.48. The topological polar surface area (TPSA) is 41.1 Å². The van der Waals surface area contributed by atoms with Crippen molar-refractivity contribution in [1.29, 1.82) is 0 Å². The minimum absolute atomic E-state index is 0.183. The Bertz CT molecular complexity index is 629. The van der Waals surface area contributed by atoms with Crippen molar-refractivity contribution in [3.63, 3.8) is 0 Å². The van der Waals surface area contributed by atoms with Crippen molar-refractivity contribution < 1.29 is 4.79 Å². The molecular formula is C16H16BrClN2O. The van der Waals surface area contributed by atoms with Crippen LogP contribution in [0.1, 0.15) is 23.7 Å². The second kappa shape index (κ2) is 7.48. The SMILES string of the molecule is CCCNc1ccc(C(=O)Nc2cc(Br)ccc2Cl)cc1. The van der Waals surface area contributed by atoms with Gasteiger partial charge in [-0.3, -0.25) is 4.79 Å². The van der Waals surface area contributed by atoms with Gasteiger partial charge in [0.25, 0.3) is 5.91 Å². The second-order valence-electron chi connectivity index (χ2n) is 4.58. The summed E-state index contributed by atoms with van der Waals surface area (Å²) in [4.78, 5) is 12.2. The Labute approximate surface area is 137 Å². The lowest BCUT2D eigenvalue weighted by Gasteiger charge is -2.09. The normalized spacial score (nSPS) is 10.2. The minimum Gasteiger partial charge on any atom is -0.385 e. The summed E-state index contributed by atoms with van der Waals surface area (Å²) in [6.45, 7) is 3.02. The molecule has 0 radical (unpaired) electrons. The zero-order chi connectivity index (χ0) is 15.2. The lowest BCUT2D eigenvalue weighted by atomic mass is 10.2. The molecule has 2 N–H and O–H groups in total. The summed E-state index contributed by atoms with van der Waals surface area (Å²) in [6, 6.07) is 12.7. The van der Waals surface area contributed by atoms with Gasteiger partial charge in [-0.15, -0.1) is 0 Å². The van der Waals surface area contributed by atoms with Crippen molar-refractivity contribution in [2.45, 2.75) is 13.3 Å². The Morgan fingerprint density at radius 2 is 1.90 bits per heavy atom. The molecule has 0 spiro atoms. The van der Waals surface area contributed by atoms with Gasteiger partial charge in [0.05, 0.1) is 10.7 Å². The van der Waals surface area contributed by atoms with Gasteiger partial charge in [0.1, 0.15) is 0 Å².